The Labute approximate surface area is 124 Å². The molecule has 2 N–H and O–H groups in total. The number of rotatable bonds is 5. The van der Waals surface area contributed by atoms with Crippen molar-refractivity contribution in [3.05, 3.63) is 17.5 Å². The molecule has 0 bridgehead atoms. The predicted molar refractivity (Wildman–Crippen MR) is 81.8 cm³/mol. The first-order valence-corrected chi connectivity index (χ1v) is 6.97. The Bertz CT molecular complexity index is 493. The van der Waals surface area contributed by atoms with Gasteiger partial charge in [-0.15, -0.1) is 0 Å². The van der Waals surface area contributed by atoms with Crippen LogP contribution in [0, 0.1) is 6.92 Å². The summed E-state index contributed by atoms with van der Waals surface area (Å²) in [7, 11) is 0. The van der Waals surface area contributed by atoms with Crippen molar-refractivity contribution < 1.29 is 9.53 Å². The molecule has 0 spiro atoms. The van der Waals surface area contributed by atoms with E-state index >= 15 is 0 Å². The average molecular weight is 296 g/mol. The number of carbonyl (C=O) groups is 1. The normalized spacial score (nSPS) is 11.6. The number of nitrogens with zero attached hydrogens (tertiary/aromatic N) is 2. The lowest BCUT2D eigenvalue weighted by Gasteiger charge is -2.14. The number of anilines is 1. The molecule has 1 aromatic rings. The maximum Gasteiger partial charge on any atom is 0.341 e. The van der Waals surface area contributed by atoms with Gasteiger partial charge < -0.3 is 15.4 Å². The van der Waals surface area contributed by atoms with E-state index in [2.05, 4.69) is 27.5 Å². The molecule has 0 aliphatic carbocycles. The zero-order chi connectivity index (χ0) is 15.1. The highest BCUT2D eigenvalue weighted by atomic mass is 32.1. The van der Waals surface area contributed by atoms with Crippen molar-refractivity contribution in [2.45, 2.75) is 40.2 Å². The molecule has 1 rings (SSSR count). The number of carbonyl (C=O) groups excluding carboxylic acids is 1. The van der Waals surface area contributed by atoms with E-state index in [1.54, 1.807) is 13.8 Å². The van der Waals surface area contributed by atoms with Crippen LogP contribution in [0.4, 0.5) is 5.95 Å². The molecule has 20 heavy (non-hydrogen) atoms. The SMILES string of the molecule is CCOC(=O)c1cnc(NC(=S)NC(C)CC)nc1C. The molecule has 1 atom stereocenters. The highest BCUT2D eigenvalue weighted by Gasteiger charge is 2.13. The molecule has 0 saturated heterocycles. The molecule has 0 amide bonds. The number of thiocarbonyl (C=S) groups is 1. The summed E-state index contributed by atoms with van der Waals surface area (Å²) in [5.41, 5.74) is 0.908. The second-order valence-electron chi connectivity index (χ2n) is 4.32. The lowest BCUT2D eigenvalue weighted by molar-refractivity contribution is 0.0524. The Morgan fingerprint density at radius 3 is 2.75 bits per heavy atom. The van der Waals surface area contributed by atoms with Crippen molar-refractivity contribution in [2.75, 3.05) is 11.9 Å². The highest BCUT2D eigenvalue weighted by Crippen LogP contribution is 2.08. The summed E-state index contributed by atoms with van der Waals surface area (Å²) < 4.78 is 4.92. The standard InChI is InChI=1S/C13H20N4O2S/c1-5-8(3)15-13(20)17-12-14-7-10(9(4)16-12)11(18)19-6-2/h7-8H,5-6H2,1-4H3,(H2,14,15,16,17,20). The fourth-order valence-electron chi connectivity index (χ4n) is 1.40. The summed E-state index contributed by atoms with van der Waals surface area (Å²) in [5, 5.41) is 6.46. The van der Waals surface area contributed by atoms with E-state index in [9.17, 15) is 4.79 Å². The van der Waals surface area contributed by atoms with E-state index in [0.29, 0.717) is 28.9 Å². The van der Waals surface area contributed by atoms with Crippen LogP contribution in [0.2, 0.25) is 0 Å². The van der Waals surface area contributed by atoms with Crippen LogP contribution in [0.25, 0.3) is 0 Å². The Kier molecular flexibility index (Phi) is 6.30. The van der Waals surface area contributed by atoms with Crippen molar-refractivity contribution in [2.24, 2.45) is 0 Å². The lowest BCUT2D eigenvalue weighted by Crippen LogP contribution is -2.35. The number of aryl methyl sites for hydroxylation is 1. The second kappa shape index (κ2) is 7.74. The van der Waals surface area contributed by atoms with Gasteiger partial charge in [-0.25, -0.2) is 14.8 Å². The Morgan fingerprint density at radius 1 is 1.50 bits per heavy atom. The van der Waals surface area contributed by atoms with Gasteiger partial charge in [-0.2, -0.15) is 0 Å². The molecule has 0 fully saturated rings. The van der Waals surface area contributed by atoms with E-state index in [0.717, 1.165) is 6.42 Å². The highest BCUT2D eigenvalue weighted by molar-refractivity contribution is 7.80. The monoisotopic (exact) mass is 296 g/mol. The van der Waals surface area contributed by atoms with Gasteiger partial charge >= 0.3 is 5.97 Å². The van der Waals surface area contributed by atoms with Gasteiger partial charge in [0.2, 0.25) is 5.95 Å². The zero-order valence-corrected chi connectivity index (χ0v) is 13.0. The summed E-state index contributed by atoms with van der Waals surface area (Å²) in [6.07, 6.45) is 2.40. The van der Waals surface area contributed by atoms with E-state index in [4.69, 9.17) is 17.0 Å². The minimum atomic E-state index is -0.420. The minimum Gasteiger partial charge on any atom is -0.462 e. The van der Waals surface area contributed by atoms with Gasteiger partial charge in [-0.3, -0.25) is 0 Å². The van der Waals surface area contributed by atoms with Crippen LogP contribution in [-0.4, -0.2) is 33.7 Å². The van der Waals surface area contributed by atoms with Crippen molar-refractivity contribution in [3.8, 4) is 0 Å². The number of hydrogen-bond acceptors (Lipinski definition) is 5. The van der Waals surface area contributed by atoms with Crippen molar-refractivity contribution in [3.63, 3.8) is 0 Å². The number of nitrogens with one attached hydrogen (secondary N) is 2. The molecule has 0 radical (unpaired) electrons. The molecule has 0 aliphatic rings. The molecule has 0 saturated carbocycles. The maximum absolute atomic E-state index is 11.6. The molecule has 7 heteroatoms. The third kappa shape index (κ3) is 4.73. The van der Waals surface area contributed by atoms with Crippen molar-refractivity contribution in [1.29, 1.82) is 0 Å². The Morgan fingerprint density at radius 2 is 2.20 bits per heavy atom. The van der Waals surface area contributed by atoms with Crippen molar-refractivity contribution in [1.82, 2.24) is 15.3 Å². The van der Waals surface area contributed by atoms with Gasteiger partial charge in [0, 0.05) is 12.2 Å². The van der Waals surface area contributed by atoms with Crippen LogP contribution >= 0.6 is 12.2 Å². The van der Waals surface area contributed by atoms with Crippen LogP contribution < -0.4 is 10.6 Å². The molecule has 110 valence electrons. The zero-order valence-electron chi connectivity index (χ0n) is 12.2. The summed E-state index contributed by atoms with van der Waals surface area (Å²) in [5.74, 6) is -0.0618. The maximum atomic E-state index is 11.6. The number of ether oxygens (including phenoxy) is 1. The summed E-state index contributed by atoms with van der Waals surface area (Å²) in [4.78, 5) is 19.9. The summed E-state index contributed by atoms with van der Waals surface area (Å²) in [6.45, 7) is 7.90. The molecular weight excluding hydrogens is 276 g/mol. The molecule has 0 aromatic carbocycles. The van der Waals surface area contributed by atoms with Gasteiger partial charge in [-0.05, 0) is 39.4 Å². The van der Waals surface area contributed by atoms with Crippen LogP contribution in [-0.2, 0) is 4.74 Å². The lowest BCUT2D eigenvalue weighted by atomic mass is 10.2. The van der Waals surface area contributed by atoms with E-state index in [1.165, 1.54) is 6.20 Å². The molecule has 0 aliphatic heterocycles. The third-order valence-electron chi connectivity index (χ3n) is 2.69. The van der Waals surface area contributed by atoms with Crippen LogP contribution in [0.5, 0.6) is 0 Å². The topological polar surface area (TPSA) is 76.1 Å². The van der Waals surface area contributed by atoms with Gasteiger partial charge in [0.05, 0.1) is 17.9 Å². The molecule has 6 nitrogen and oxygen atoms in total. The van der Waals surface area contributed by atoms with Crippen LogP contribution in [0.15, 0.2) is 6.20 Å². The van der Waals surface area contributed by atoms with Crippen molar-refractivity contribution >= 4 is 29.2 Å². The van der Waals surface area contributed by atoms with Crippen LogP contribution in [0.1, 0.15) is 43.2 Å². The van der Waals surface area contributed by atoms with E-state index < -0.39 is 5.97 Å². The summed E-state index contributed by atoms with van der Waals surface area (Å²) >= 11 is 5.15. The fraction of sp³-hybridized carbons (Fsp3) is 0.538. The van der Waals surface area contributed by atoms with Gasteiger partial charge in [-0.1, -0.05) is 6.92 Å². The number of aromatic nitrogens is 2. The van der Waals surface area contributed by atoms with Gasteiger partial charge in [0.25, 0.3) is 0 Å². The predicted octanol–water partition coefficient (Wildman–Crippen LogP) is 2.05. The first-order valence-electron chi connectivity index (χ1n) is 6.56. The third-order valence-corrected chi connectivity index (χ3v) is 2.91. The first kappa shape index (κ1) is 16.3. The van der Waals surface area contributed by atoms with Gasteiger partial charge in [0.1, 0.15) is 0 Å². The van der Waals surface area contributed by atoms with Gasteiger partial charge in [0.15, 0.2) is 5.11 Å². The van der Waals surface area contributed by atoms with E-state index in [1.807, 2.05) is 6.92 Å². The Balaban J connectivity index is 2.72. The molecule has 1 aromatic heterocycles. The largest absolute Gasteiger partial charge is 0.462 e. The van der Waals surface area contributed by atoms with E-state index in [-0.39, 0.29) is 6.04 Å². The number of esters is 1. The molecule has 1 unspecified atom stereocenters. The Hall–Kier alpha value is -1.76. The average Bonchev–Trinajstić information content (AvgIpc) is 2.38. The minimum absolute atomic E-state index is 0.273. The first-order chi connectivity index (χ1) is 9.47. The quantitative estimate of drug-likeness (QED) is 0.636. The molecular formula is C13H20N4O2S. The summed E-state index contributed by atoms with van der Waals surface area (Å²) in [6, 6.07) is 0.273. The number of hydrogen-bond donors (Lipinski definition) is 2. The smallest absolute Gasteiger partial charge is 0.341 e. The van der Waals surface area contributed by atoms with Crippen LogP contribution in [0.3, 0.4) is 0 Å². The fourth-order valence-corrected chi connectivity index (χ4v) is 1.69. The second-order valence-corrected chi connectivity index (χ2v) is 4.73. The molecule has 1 heterocycles.